The zero-order valence-electron chi connectivity index (χ0n) is 12.8. The predicted octanol–water partition coefficient (Wildman–Crippen LogP) is 2.01. The highest BCUT2D eigenvalue weighted by atomic mass is 16.7. The molecule has 0 atom stereocenters. The largest absolute Gasteiger partial charge is 0.496 e. The van der Waals surface area contributed by atoms with Crippen molar-refractivity contribution in [2.24, 2.45) is 0 Å². The van der Waals surface area contributed by atoms with Crippen molar-refractivity contribution in [3.05, 3.63) is 17.3 Å². The van der Waals surface area contributed by atoms with Crippen molar-refractivity contribution in [2.75, 3.05) is 7.11 Å². The van der Waals surface area contributed by atoms with E-state index in [1.165, 1.54) is 0 Å². The molecule has 1 fully saturated rings. The first-order valence-corrected chi connectivity index (χ1v) is 6.56. The number of methoxy groups -OCH3 is 1. The van der Waals surface area contributed by atoms with Crippen molar-refractivity contribution in [3.63, 3.8) is 0 Å². The SMILES string of the molecule is COc1cc(C)c(B2OC(C)(C)C(C)(C)O2)c(C)n1. The Bertz CT molecular complexity index is 460. The van der Waals surface area contributed by atoms with Gasteiger partial charge in [0.15, 0.2) is 0 Å². The Morgan fingerprint density at radius 1 is 1.11 bits per heavy atom. The van der Waals surface area contributed by atoms with Gasteiger partial charge < -0.3 is 14.0 Å². The van der Waals surface area contributed by atoms with Crippen molar-refractivity contribution in [3.8, 4) is 5.88 Å². The molecule has 0 aromatic carbocycles. The third-order valence-corrected chi connectivity index (χ3v) is 4.13. The summed E-state index contributed by atoms with van der Waals surface area (Å²) in [4.78, 5) is 4.41. The summed E-state index contributed by atoms with van der Waals surface area (Å²) < 4.78 is 17.3. The number of rotatable bonds is 2. The summed E-state index contributed by atoms with van der Waals surface area (Å²) in [6.07, 6.45) is 0. The zero-order valence-corrected chi connectivity index (χ0v) is 12.8. The molecule has 2 rings (SSSR count). The van der Waals surface area contributed by atoms with Crippen LogP contribution < -0.4 is 10.2 Å². The van der Waals surface area contributed by atoms with Gasteiger partial charge in [0.1, 0.15) is 0 Å². The molecule has 1 aliphatic rings. The first-order chi connectivity index (χ1) is 8.68. The van der Waals surface area contributed by atoms with Crippen molar-refractivity contribution in [1.82, 2.24) is 4.98 Å². The smallest absolute Gasteiger partial charge is 0.481 e. The minimum atomic E-state index is -0.372. The summed E-state index contributed by atoms with van der Waals surface area (Å²) in [7, 11) is 1.25. The monoisotopic (exact) mass is 263 g/mol. The van der Waals surface area contributed by atoms with E-state index in [-0.39, 0.29) is 18.3 Å². The lowest BCUT2D eigenvalue weighted by atomic mass is 9.75. The molecule has 104 valence electrons. The van der Waals surface area contributed by atoms with Gasteiger partial charge in [-0.2, -0.15) is 0 Å². The second-order valence-corrected chi connectivity index (χ2v) is 6.07. The van der Waals surface area contributed by atoms with Gasteiger partial charge in [-0.25, -0.2) is 4.98 Å². The third kappa shape index (κ3) is 2.37. The summed E-state index contributed by atoms with van der Waals surface area (Å²) in [5.41, 5.74) is 2.28. The maximum absolute atomic E-state index is 6.08. The normalized spacial score (nSPS) is 20.7. The van der Waals surface area contributed by atoms with E-state index < -0.39 is 0 Å². The van der Waals surface area contributed by atoms with Crippen LogP contribution in [0, 0.1) is 13.8 Å². The van der Waals surface area contributed by atoms with E-state index in [4.69, 9.17) is 14.0 Å². The highest BCUT2D eigenvalue weighted by molar-refractivity contribution is 6.63. The Kier molecular flexibility index (Phi) is 3.39. The molecule has 0 bridgehead atoms. The average Bonchev–Trinajstić information content (AvgIpc) is 2.46. The van der Waals surface area contributed by atoms with Crippen LogP contribution in [0.4, 0.5) is 0 Å². The Morgan fingerprint density at radius 3 is 2.05 bits per heavy atom. The van der Waals surface area contributed by atoms with Crippen LogP contribution in [0.5, 0.6) is 5.88 Å². The molecular weight excluding hydrogens is 241 g/mol. The highest BCUT2D eigenvalue weighted by Crippen LogP contribution is 2.36. The Hall–Kier alpha value is -1.07. The zero-order chi connectivity index (χ0) is 14.4. The van der Waals surface area contributed by atoms with E-state index in [9.17, 15) is 0 Å². The number of hydrogen-bond donors (Lipinski definition) is 0. The summed E-state index contributed by atoms with van der Waals surface area (Å²) in [5.74, 6) is 0.621. The molecule has 19 heavy (non-hydrogen) atoms. The first kappa shape index (κ1) is 14.3. The van der Waals surface area contributed by atoms with Crippen LogP contribution in [0.2, 0.25) is 0 Å². The standard InChI is InChI=1S/C14H22BNO3/c1-9-8-11(17-7)16-10(2)12(9)15-18-13(3,4)14(5,6)19-15/h8H,1-7H3. The molecule has 0 amide bonds. The van der Waals surface area contributed by atoms with E-state index >= 15 is 0 Å². The second kappa shape index (κ2) is 4.49. The summed E-state index contributed by atoms with van der Waals surface area (Å²) >= 11 is 0. The van der Waals surface area contributed by atoms with Gasteiger partial charge in [-0.15, -0.1) is 0 Å². The molecule has 0 radical (unpaired) electrons. The number of hydrogen-bond acceptors (Lipinski definition) is 4. The summed E-state index contributed by atoms with van der Waals surface area (Å²) in [5, 5.41) is 0. The minimum absolute atomic E-state index is 0.337. The molecule has 2 heterocycles. The van der Waals surface area contributed by atoms with Gasteiger partial charge in [-0.1, -0.05) is 0 Å². The number of aromatic nitrogens is 1. The van der Waals surface area contributed by atoms with Crippen molar-refractivity contribution >= 4 is 12.6 Å². The lowest BCUT2D eigenvalue weighted by Gasteiger charge is -2.32. The first-order valence-electron chi connectivity index (χ1n) is 6.56. The molecule has 5 heteroatoms. The molecule has 1 aromatic heterocycles. The Morgan fingerprint density at radius 2 is 1.63 bits per heavy atom. The summed E-state index contributed by atoms with van der Waals surface area (Å²) in [6.45, 7) is 12.2. The van der Waals surface area contributed by atoms with Gasteiger partial charge in [0.2, 0.25) is 5.88 Å². The molecule has 0 spiro atoms. The van der Waals surface area contributed by atoms with E-state index in [1.54, 1.807) is 7.11 Å². The molecule has 1 saturated heterocycles. The number of pyridine rings is 1. The molecule has 1 aromatic rings. The van der Waals surface area contributed by atoms with Crippen molar-refractivity contribution < 1.29 is 14.0 Å². The minimum Gasteiger partial charge on any atom is -0.481 e. The Labute approximate surface area is 115 Å². The van der Waals surface area contributed by atoms with E-state index in [1.807, 2.05) is 19.9 Å². The second-order valence-electron chi connectivity index (χ2n) is 6.07. The third-order valence-electron chi connectivity index (χ3n) is 4.13. The van der Waals surface area contributed by atoms with E-state index in [0.29, 0.717) is 5.88 Å². The lowest BCUT2D eigenvalue weighted by Crippen LogP contribution is -2.41. The van der Waals surface area contributed by atoms with Gasteiger partial charge in [-0.3, -0.25) is 0 Å². The summed E-state index contributed by atoms with van der Waals surface area (Å²) in [6, 6.07) is 1.91. The fraction of sp³-hybridized carbons (Fsp3) is 0.643. The van der Waals surface area contributed by atoms with Crippen LogP contribution in [-0.4, -0.2) is 30.4 Å². The molecule has 1 aliphatic heterocycles. The van der Waals surface area contributed by atoms with Crippen LogP contribution in [-0.2, 0) is 9.31 Å². The molecule has 4 nitrogen and oxygen atoms in total. The molecule has 0 saturated carbocycles. The van der Waals surface area contributed by atoms with E-state index in [2.05, 4.69) is 32.7 Å². The van der Waals surface area contributed by atoms with Crippen LogP contribution in [0.3, 0.4) is 0 Å². The fourth-order valence-electron chi connectivity index (χ4n) is 2.23. The molecule has 0 N–H and O–H groups in total. The molecule has 0 unspecified atom stereocenters. The predicted molar refractivity (Wildman–Crippen MR) is 76.0 cm³/mol. The van der Waals surface area contributed by atoms with Gasteiger partial charge in [0.25, 0.3) is 0 Å². The van der Waals surface area contributed by atoms with Crippen molar-refractivity contribution in [1.29, 1.82) is 0 Å². The van der Waals surface area contributed by atoms with E-state index in [0.717, 1.165) is 16.7 Å². The fourth-order valence-corrected chi connectivity index (χ4v) is 2.23. The van der Waals surface area contributed by atoms with Gasteiger partial charge >= 0.3 is 7.12 Å². The van der Waals surface area contributed by atoms with Gasteiger partial charge in [0, 0.05) is 17.2 Å². The Balaban J connectivity index is 2.40. The lowest BCUT2D eigenvalue weighted by molar-refractivity contribution is 0.00578. The van der Waals surface area contributed by atoms with Crippen molar-refractivity contribution in [2.45, 2.75) is 52.7 Å². The highest BCUT2D eigenvalue weighted by Gasteiger charge is 2.52. The number of ether oxygens (including phenoxy) is 1. The number of nitrogens with zero attached hydrogens (tertiary/aromatic N) is 1. The van der Waals surface area contributed by atoms with Crippen LogP contribution in [0.15, 0.2) is 6.07 Å². The molecular formula is C14H22BNO3. The maximum atomic E-state index is 6.08. The van der Waals surface area contributed by atoms with Crippen LogP contribution in [0.25, 0.3) is 0 Å². The van der Waals surface area contributed by atoms with Gasteiger partial charge in [0.05, 0.1) is 18.3 Å². The van der Waals surface area contributed by atoms with Gasteiger partial charge in [-0.05, 0) is 47.1 Å². The maximum Gasteiger partial charge on any atom is 0.496 e. The average molecular weight is 263 g/mol. The van der Waals surface area contributed by atoms with Crippen LogP contribution >= 0.6 is 0 Å². The number of aryl methyl sites for hydroxylation is 2. The quantitative estimate of drug-likeness (QED) is 0.765. The molecule has 0 aliphatic carbocycles. The topological polar surface area (TPSA) is 40.6 Å². The van der Waals surface area contributed by atoms with Crippen LogP contribution in [0.1, 0.15) is 39.0 Å².